The average Bonchev–Trinajstić information content (AvgIpc) is 2.46. The predicted octanol–water partition coefficient (Wildman–Crippen LogP) is 0.523. The average molecular weight is 194 g/mol. The van der Waals surface area contributed by atoms with Crippen molar-refractivity contribution in [2.24, 2.45) is 0 Å². The molecule has 0 aliphatic heterocycles. The van der Waals surface area contributed by atoms with E-state index in [0.717, 1.165) is 6.07 Å². The second kappa shape index (κ2) is 2.69. The lowest BCUT2D eigenvalue weighted by atomic mass is 10.1. The third-order valence-corrected chi connectivity index (χ3v) is 1.87. The van der Waals surface area contributed by atoms with E-state index in [0.29, 0.717) is 11.1 Å². The van der Waals surface area contributed by atoms with Gasteiger partial charge in [0.2, 0.25) is 5.71 Å². The van der Waals surface area contributed by atoms with Gasteiger partial charge in [0.25, 0.3) is 5.56 Å². The van der Waals surface area contributed by atoms with E-state index < -0.39 is 11.5 Å². The molecule has 0 amide bonds. The van der Waals surface area contributed by atoms with Gasteiger partial charge in [-0.25, -0.2) is 4.79 Å². The standard InChI is InChI=1S/C8H6N2O4/c1-3-6-4(8(12)13)2-5(11)9-7(6)14-10-3/h2H,1H3,(H,9,11)(H,12,13). The van der Waals surface area contributed by atoms with Crippen molar-refractivity contribution in [1.82, 2.24) is 10.1 Å². The molecule has 2 aromatic heterocycles. The van der Waals surface area contributed by atoms with Crippen LogP contribution in [0.3, 0.4) is 0 Å². The highest BCUT2D eigenvalue weighted by Crippen LogP contribution is 2.18. The Balaban J connectivity index is 2.98. The third kappa shape index (κ3) is 1.08. The van der Waals surface area contributed by atoms with Crippen molar-refractivity contribution >= 4 is 17.1 Å². The number of aromatic nitrogens is 2. The summed E-state index contributed by atoms with van der Waals surface area (Å²) in [6.45, 7) is 1.61. The summed E-state index contributed by atoms with van der Waals surface area (Å²) >= 11 is 0. The number of H-pyrrole nitrogens is 1. The molecule has 0 bridgehead atoms. The van der Waals surface area contributed by atoms with Crippen molar-refractivity contribution in [2.45, 2.75) is 6.92 Å². The van der Waals surface area contributed by atoms with Crippen LogP contribution in [0.15, 0.2) is 15.4 Å². The molecular weight excluding hydrogens is 188 g/mol. The number of aromatic amines is 1. The van der Waals surface area contributed by atoms with Crippen LogP contribution in [-0.4, -0.2) is 21.2 Å². The van der Waals surface area contributed by atoms with E-state index in [2.05, 4.69) is 10.1 Å². The summed E-state index contributed by atoms with van der Waals surface area (Å²) in [5, 5.41) is 12.7. The van der Waals surface area contributed by atoms with Crippen LogP contribution in [0.25, 0.3) is 11.1 Å². The fourth-order valence-electron chi connectivity index (χ4n) is 1.29. The van der Waals surface area contributed by atoms with Crippen LogP contribution in [0.1, 0.15) is 16.1 Å². The molecule has 2 rings (SSSR count). The number of carboxylic acids is 1. The lowest BCUT2D eigenvalue weighted by molar-refractivity contribution is 0.0698. The van der Waals surface area contributed by atoms with Gasteiger partial charge in [-0.2, -0.15) is 0 Å². The Labute approximate surface area is 77.1 Å². The molecule has 0 aliphatic rings. The smallest absolute Gasteiger partial charge is 0.336 e. The number of rotatable bonds is 1. The van der Waals surface area contributed by atoms with Gasteiger partial charge in [0.1, 0.15) is 0 Å². The molecular formula is C8H6N2O4. The lowest BCUT2D eigenvalue weighted by Gasteiger charge is -1.94. The van der Waals surface area contributed by atoms with Crippen molar-refractivity contribution in [2.75, 3.05) is 0 Å². The summed E-state index contributed by atoms with van der Waals surface area (Å²) < 4.78 is 4.75. The first-order valence-corrected chi connectivity index (χ1v) is 3.82. The number of nitrogens with zero attached hydrogens (tertiary/aromatic N) is 1. The molecule has 6 nitrogen and oxygen atoms in total. The Bertz CT molecular complexity index is 566. The van der Waals surface area contributed by atoms with Crippen molar-refractivity contribution in [3.63, 3.8) is 0 Å². The van der Waals surface area contributed by atoms with Crippen LogP contribution in [-0.2, 0) is 0 Å². The number of aryl methyl sites for hydroxylation is 1. The Kier molecular flexibility index (Phi) is 1.63. The highest BCUT2D eigenvalue weighted by atomic mass is 16.5. The number of aromatic carboxylic acids is 1. The zero-order chi connectivity index (χ0) is 10.3. The second-order valence-corrected chi connectivity index (χ2v) is 2.82. The van der Waals surface area contributed by atoms with Crippen molar-refractivity contribution in [3.8, 4) is 0 Å². The first-order valence-electron chi connectivity index (χ1n) is 3.82. The van der Waals surface area contributed by atoms with Crippen LogP contribution in [0.5, 0.6) is 0 Å². The summed E-state index contributed by atoms with van der Waals surface area (Å²) in [6.07, 6.45) is 0. The minimum absolute atomic E-state index is 0.0902. The van der Waals surface area contributed by atoms with Crippen molar-refractivity contribution < 1.29 is 14.4 Å². The summed E-state index contributed by atoms with van der Waals surface area (Å²) in [7, 11) is 0. The SMILES string of the molecule is Cc1noc2[nH]c(=O)cc(C(=O)O)c12. The maximum Gasteiger partial charge on any atom is 0.336 e. The fraction of sp³-hybridized carbons (Fsp3) is 0.125. The highest BCUT2D eigenvalue weighted by Gasteiger charge is 2.15. The van der Waals surface area contributed by atoms with Crippen molar-refractivity contribution in [3.05, 3.63) is 27.7 Å². The molecule has 0 spiro atoms. The van der Waals surface area contributed by atoms with E-state index >= 15 is 0 Å². The number of hydrogen-bond donors (Lipinski definition) is 2. The van der Waals surface area contributed by atoms with Gasteiger partial charge >= 0.3 is 5.97 Å². The van der Waals surface area contributed by atoms with Gasteiger partial charge in [-0.1, -0.05) is 5.16 Å². The summed E-state index contributed by atoms with van der Waals surface area (Å²) in [6, 6.07) is 1.01. The molecule has 0 unspecified atom stereocenters. The van der Waals surface area contributed by atoms with E-state index in [9.17, 15) is 9.59 Å². The molecule has 0 radical (unpaired) electrons. The lowest BCUT2D eigenvalue weighted by Crippen LogP contribution is -2.09. The third-order valence-electron chi connectivity index (χ3n) is 1.87. The Morgan fingerprint density at radius 3 is 3.00 bits per heavy atom. The fourth-order valence-corrected chi connectivity index (χ4v) is 1.29. The quantitative estimate of drug-likeness (QED) is 0.689. The van der Waals surface area contributed by atoms with E-state index in [4.69, 9.17) is 9.63 Å². The number of hydrogen-bond acceptors (Lipinski definition) is 4. The Hall–Kier alpha value is -2.11. The number of nitrogens with one attached hydrogen (secondary N) is 1. The topological polar surface area (TPSA) is 96.2 Å². The monoisotopic (exact) mass is 194 g/mol. The molecule has 2 aromatic rings. The Morgan fingerprint density at radius 2 is 2.36 bits per heavy atom. The van der Waals surface area contributed by atoms with Crippen LogP contribution in [0, 0.1) is 6.92 Å². The normalized spacial score (nSPS) is 10.6. The largest absolute Gasteiger partial charge is 0.478 e. The van der Waals surface area contributed by atoms with Gasteiger partial charge in [0.15, 0.2) is 0 Å². The zero-order valence-corrected chi connectivity index (χ0v) is 7.20. The molecule has 0 saturated heterocycles. The summed E-state index contributed by atoms with van der Waals surface area (Å²) in [5.41, 5.74) is -0.0883. The maximum absolute atomic E-state index is 11.0. The molecule has 2 heterocycles. The summed E-state index contributed by atoms with van der Waals surface area (Å²) in [5.74, 6) is -1.17. The predicted molar refractivity (Wildman–Crippen MR) is 46.3 cm³/mol. The number of pyridine rings is 1. The number of fused-ring (bicyclic) bond motifs is 1. The molecule has 2 N–H and O–H groups in total. The summed E-state index contributed by atoms with van der Waals surface area (Å²) in [4.78, 5) is 24.2. The van der Waals surface area contributed by atoms with Crippen LogP contribution >= 0.6 is 0 Å². The van der Waals surface area contributed by atoms with E-state index in [1.807, 2.05) is 0 Å². The minimum Gasteiger partial charge on any atom is -0.478 e. The Morgan fingerprint density at radius 1 is 1.64 bits per heavy atom. The number of carboxylic acid groups (broad SMARTS) is 1. The second-order valence-electron chi connectivity index (χ2n) is 2.82. The van der Waals surface area contributed by atoms with Gasteiger partial charge in [-0.3, -0.25) is 9.78 Å². The molecule has 0 saturated carbocycles. The molecule has 6 heteroatoms. The van der Waals surface area contributed by atoms with E-state index in [1.54, 1.807) is 6.92 Å². The van der Waals surface area contributed by atoms with Gasteiger partial charge in [0.05, 0.1) is 16.6 Å². The van der Waals surface area contributed by atoms with Gasteiger partial charge in [-0.05, 0) is 6.92 Å². The molecule has 0 aliphatic carbocycles. The van der Waals surface area contributed by atoms with Crippen LogP contribution in [0.4, 0.5) is 0 Å². The van der Waals surface area contributed by atoms with Crippen LogP contribution in [0.2, 0.25) is 0 Å². The molecule has 72 valence electrons. The van der Waals surface area contributed by atoms with Gasteiger partial charge < -0.3 is 9.63 Å². The first kappa shape index (κ1) is 8.49. The molecule has 0 atom stereocenters. The molecule has 0 fully saturated rings. The first-order chi connectivity index (χ1) is 6.59. The molecule has 0 aromatic carbocycles. The van der Waals surface area contributed by atoms with Gasteiger partial charge in [-0.15, -0.1) is 0 Å². The number of carbonyl (C=O) groups is 1. The highest BCUT2D eigenvalue weighted by molar-refractivity contribution is 6.01. The van der Waals surface area contributed by atoms with E-state index in [-0.39, 0.29) is 11.3 Å². The van der Waals surface area contributed by atoms with Gasteiger partial charge in [0, 0.05) is 6.07 Å². The zero-order valence-electron chi connectivity index (χ0n) is 7.20. The minimum atomic E-state index is -1.17. The molecule has 14 heavy (non-hydrogen) atoms. The van der Waals surface area contributed by atoms with E-state index in [1.165, 1.54) is 0 Å². The van der Waals surface area contributed by atoms with Crippen LogP contribution < -0.4 is 5.56 Å². The van der Waals surface area contributed by atoms with Crippen molar-refractivity contribution in [1.29, 1.82) is 0 Å². The maximum atomic E-state index is 11.0.